The lowest BCUT2D eigenvalue weighted by Crippen LogP contribution is -2.05. The molecule has 0 N–H and O–H groups in total. The Hall–Kier alpha value is -1.62. The predicted molar refractivity (Wildman–Crippen MR) is 65.9 cm³/mol. The van der Waals surface area contributed by atoms with Gasteiger partial charge in [0.2, 0.25) is 0 Å². The number of aromatic nitrogens is 1. The van der Waals surface area contributed by atoms with Crippen LogP contribution < -0.4 is 0 Å². The quantitative estimate of drug-likeness (QED) is 0.851. The molecule has 1 aromatic heterocycles. The Labute approximate surface area is 106 Å². The van der Waals surface area contributed by atoms with E-state index in [9.17, 15) is 8.42 Å². The van der Waals surface area contributed by atoms with Gasteiger partial charge in [-0.05, 0) is 42.5 Å². The van der Waals surface area contributed by atoms with Gasteiger partial charge in [0.1, 0.15) is 12.0 Å². The SMILES string of the molecule is O=S(=O)(Cc1ccon1)c1ccc2c(c1)CCC2. The summed E-state index contributed by atoms with van der Waals surface area (Å²) in [4.78, 5) is 0.381. The Morgan fingerprint density at radius 1 is 1.17 bits per heavy atom. The van der Waals surface area contributed by atoms with Gasteiger partial charge in [0, 0.05) is 6.07 Å². The van der Waals surface area contributed by atoms with E-state index in [1.807, 2.05) is 6.07 Å². The number of sulfone groups is 1. The van der Waals surface area contributed by atoms with Gasteiger partial charge in [-0.3, -0.25) is 0 Å². The van der Waals surface area contributed by atoms with E-state index >= 15 is 0 Å². The lowest BCUT2D eigenvalue weighted by molar-refractivity contribution is 0.413. The van der Waals surface area contributed by atoms with Crippen LogP contribution in [-0.4, -0.2) is 13.6 Å². The molecule has 0 radical (unpaired) electrons. The first-order valence-electron chi connectivity index (χ1n) is 5.89. The van der Waals surface area contributed by atoms with Gasteiger partial charge in [0.15, 0.2) is 9.84 Å². The van der Waals surface area contributed by atoms with Crippen molar-refractivity contribution in [1.29, 1.82) is 0 Å². The summed E-state index contributed by atoms with van der Waals surface area (Å²) in [5.41, 5.74) is 2.88. The maximum atomic E-state index is 12.2. The third kappa shape index (κ3) is 2.06. The zero-order valence-corrected chi connectivity index (χ0v) is 10.6. The summed E-state index contributed by atoms with van der Waals surface area (Å²) in [5.74, 6) is -0.109. The summed E-state index contributed by atoms with van der Waals surface area (Å²) in [6.07, 6.45) is 4.53. The summed E-state index contributed by atoms with van der Waals surface area (Å²) in [6, 6.07) is 7.00. The second-order valence-corrected chi connectivity index (χ2v) is 6.52. The summed E-state index contributed by atoms with van der Waals surface area (Å²) in [6.45, 7) is 0. The summed E-state index contributed by atoms with van der Waals surface area (Å²) >= 11 is 0. The minimum absolute atomic E-state index is 0.109. The van der Waals surface area contributed by atoms with E-state index in [0.717, 1.165) is 24.8 Å². The molecule has 0 unspecified atom stereocenters. The number of aryl methyl sites for hydroxylation is 2. The van der Waals surface area contributed by atoms with Gasteiger partial charge in [-0.1, -0.05) is 11.2 Å². The highest BCUT2D eigenvalue weighted by Gasteiger charge is 2.20. The van der Waals surface area contributed by atoms with Crippen LogP contribution in [0.2, 0.25) is 0 Å². The minimum Gasteiger partial charge on any atom is -0.364 e. The zero-order chi connectivity index (χ0) is 12.6. The van der Waals surface area contributed by atoms with Crippen molar-refractivity contribution >= 4 is 9.84 Å². The Kier molecular flexibility index (Phi) is 2.70. The lowest BCUT2D eigenvalue weighted by Gasteiger charge is -2.05. The van der Waals surface area contributed by atoms with Crippen LogP contribution in [0.15, 0.2) is 39.9 Å². The minimum atomic E-state index is -3.33. The molecule has 0 bridgehead atoms. The molecule has 0 atom stereocenters. The van der Waals surface area contributed by atoms with Crippen LogP contribution in [0.1, 0.15) is 23.2 Å². The molecule has 0 aliphatic heterocycles. The fraction of sp³-hybridized carbons (Fsp3) is 0.308. The molecule has 1 aliphatic rings. The van der Waals surface area contributed by atoms with Gasteiger partial charge < -0.3 is 4.52 Å². The van der Waals surface area contributed by atoms with Crippen LogP contribution in [0.4, 0.5) is 0 Å². The second kappa shape index (κ2) is 4.24. The predicted octanol–water partition coefficient (Wildman–Crippen LogP) is 2.14. The summed E-state index contributed by atoms with van der Waals surface area (Å²) < 4.78 is 29.1. The zero-order valence-electron chi connectivity index (χ0n) is 9.80. The molecule has 94 valence electrons. The van der Waals surface area contributed by atoms with Gasteiger partial charge >= 0.3 is 0 Å². The van der Waals surface area contributed by atoms with Crippen molar-refractivity contribution in [2.24, 2.45) is 0 Å². The molecule has 4 nitrogen and oxygen atoms in total. The van der Waals surface area contributed by atoms with Gasteiger partial charge in [-0.25, -0.2) is 8.42 Å². The van der Waals surface area contributed by atoms with Gasteiger partial charge in [-0.2, -0.15) is 0 Å². The Morgan fingerprint density at radius 2 is 2.00 bits per heavy atom. The maximum absolute atomic E-state index is 12.2. The smallest absolute Gasteiger partial charge is 0.184 e. The Morgan fingerprint density at radius 3 is 2.78 bits per heavy atom. The fourth-order valence-corrected chi connectivity index (χ4v) is 3.63. The van der Waals surface area contributed by atoms with Gasteiger partial charge in [0.25, 0.3) is 0 Å². The summed E-state index contributed by atoms with van der Waals surface area (Å²) in [5, 5.41) is 3.65. The van der Waals surface area contributed by atoms with Crippen molar-refractivity contribution in [2.75, 3.05) is 0 Å². The highest BCUT2D eigenvalue weighted by atomic mass is 32.2. The average Bonchev–Trinajstić information content (AvgIpc) is 2.97. The highest BCUT2D eigenvalue weighted by Crippen LogP contribution is 2.26. The van der Waals surface area contributed by atoms with E-state index < -0.39 is 9.84 Å². The van der Waals surface area contributed by atoms with Crippen molar-refractivity contribution in [2.45, 2.75) is 29.9 Å². The molecule has 0 spiro atoms. The van der Waals surface area contributed by atoms with Crippen LogP contribution >= 0.6 is 0 Å². The standard InChI is InChI=1S/C13H13NO3S/c15-18(16,9-12-6-7-17-14-12)13-5-4-10-2-1-3-11(10)8-13/h4-8H,1-3,9H2. The van der Waals surface area contributed by atoms with E-state index in [-0.39, 0.29) is 5.75 Å². The topological polar surface area (TPSA) is 60.2 Å². The Bertz CT molecular complexity index is 660. The average molecular weight is 263 g/mol. The largest absolute Gasteiger partial charge is 0.364 e. The first-order valence-corrected chi connectivity index (χ1v) is 7.54. The molecule has 1 aromatic carbocycles. The van der Waals surface area contributed by atoms with Crippen LogP contribution in [0, 0.1) is 0 Å². The van der Waals surface area contributed by atoms with Crippen molar-refractivity contribution < 1.29 is 12.9 Å². The molecule has 5 heteroatoms. The number of rotatable bonds is 3. The van der Waals surface area contributed by atoms with E-state index in [4.69, 9.17) is 0 Å². The molecule has 1 heterocycles. The van der Waals surface area contributed by atoms with Crippen LogP contribution in [-0.2, 0) is 28.4 Å². The first-order chi connectivity index (χ1) is 8.65. The van der Waals surface area contributed by atoms with Crippen molar-refractivity contribution in [3.05, 3.63) is 47.3 Å². The first kappa shape index (κ1) is 11.5. The number of hydrogen-bond donors (Lipinski definition) is 0. The van der Waals surface area contributed by atoms with E-state index in [1.54, 1.807) is 18.2 Å². The van der Waals surface area contributed by atoms with Crippen LogP contribution in [0.25, 0.3) is 0 Å². The summed E-state index contributed by atoms with van der Waals surface area (Å²) in [7, 11) is -3.33. The highest BCUT2D eigenvalue weighted by molar-refractivity contribution is 7.90. The van der Waals surface area contributed by atoms with E-state index in [0.29, 0.717) is 10.6 Å². The number of hydrogen-bond acceptors (Lipinski definition) is 4. The second-order valence-electron chi connectivity index (χ2n) is 4.53. The molecule has 0 fully saturated rings. The molecule has 0 amide bonds. The fourth-order valence-electron chi connectivity index (χ4n) is 2.33. The van der Waals surface area contributed by atoms with Crippen molar-refractivity contribution in [3.63, 3.8) is 0 Å². The van der Waals surface area contributed by atoms with E-state index in [1.165, 1.54) is 11.8 Å². The molecule has 2 aromatic rings. The third-order valence-corrected chi connectivity index (χ3v) is 4.91. The number of fused-ring (bicyclic) bond motifs is 1. The molecular weight excluding hydrogens is 250 g/mol. The molecule has 18 heavy (non-hydrogen) atoms. The van der Waals surface area contributed by atoms with Gasteiger partial charge in [0.05, 0.1) is 10.6 Å². The monoisotopic (exact) mass is 263 g/mol. The molecule has 1 aliphatic carbocycles. The van der Waals surface area contributed by atoms with Crippen molar-refractivity contribution in [1.82, 2.24) is 5.16 Å². The van der Waals surface area contributed by atoms with Crippen LogP contribution in [0.3, 0.4) is 0 Å². The normalized spacial score (nSPS) is 14.7. The molecule has 0 saturated carbocycles. The molecular formula is C13H13NO3S. The molecule has 3 rings (SSSR count). The third-order valence-electron chi connectivity index (χ3n) is 3.26. The number of nitrogens with zero attached hydrogens (tertiary/aromatic N) is 1. The van der Waals surface area contributed by atoms with Crippen LogP contribution in [0.5, 0.6) is 0 Å². The number of benzene rings is 1. The van der Waals surface area contributed by atoms with Crippen molar-refractivity contribution in [3.8, 4) is 0 Å². The van der Waals surface area contributed by atoms with Gasteiger partial charge in [-0.15, -0.1) is 0 Å². The Balaban J connectivity index is 1.94. The molecule has 0 saturated heterocycles. The maximum Gasteiger partial charge on any atom is 0.184 e. The lowest BCUT2D eigenvalue weighted by atomic mass is 10.1. The van der Waals surface area contributed by atoms with E-state index in [2.05, 4.69) is 9.68 Å².